The van der Waals surface area contributed by atoms with E-state index < -0.39 is 0 Å². The fourth-order valence-electron chi connectivity index (χ4n) is 2.93. The summed E-state index contributed by atoms with van der Waals surface area (Å²) in [7, 11) is 0. The predicted octanol–water partition coefficient (Wildman–Crippen LogP) is 1.65. The topological polar surface area (TPSA) is 63.2 Å². The first-order chi connectivity index (χ1) is 9.24. The van der Waals surface area contributed by atoms with Crippen LogP contribution in [0.25, 0.3) is 10.9 Å². The molecule has 0 radical (unpaired) electrons. The molecule has 0 amide bonds. The van der Waals surface area contributed by atoms with Crippen molar-refractivity contribution in [3.63, 3.8) is 0 Å². The van der Waals surface area contributed by atoms with Gasteiger partial charge in [0, 0.05) is 36.7 Å². The number of benzene rings is 1. The smallest absolute Gasteiger partial charge is 0.0625 e. The Kier molecular flexibility index (Phi) is 3.31. The number of rotatable bonds is 4. The van der Waals surface area contributed by atoms with Gasteiger partial charge in [-0.3, -0.25) is 0 Å². The maximum Gasteiger partial charge on any atom is 0.0625 e. The molecule has 4 heteroatoms. The molecule has 4 N–H and O–H groups in total. The van der Waals surface area contributed by atoms with Crippen LogP contribution in [0.3, 0.4) is 0 Å². The monoisotopic (exact) mass is 259 g/mol. The third kappa shape index (κ3) is 2.06. The van der Waals surface area contributed by atoms with E-state index in [1.165, 1.54) is 22.0 Å². The van der Waals surface area contributed by atoms with E-state index in [2.05, 4.69) is 35.1 Å². The van der Waals surface area contributed by atoms with Gasteiger partial charge in [-0.2, -0.15) is 0 Å². The third-order valence-corrected chi connectivity index (χ3v) is 3.92. The molecule has 0 spiro atoms. The Morgan fingerprint density at radius 3 is 2.79 bits per heavy atom. The molecule has 3 rings (SSSR count). The van der Waals surface area contributed by atoms with Crippen molar-refractivity contribution in [2.24, 2.45) is 5.73 Å². The maximum atomic E-state index is 9.33. The van der Waals surface area contributed by atoms with E-state index in [-0.39, 0.29) is 12.6 Å². The van der Waals surface area contributed by atoms with Gasteiger partial charge in [0.25, 0.3) is 0 Å². The van der Waals surface area contributed by atoms with Crippen LogP contribution >= 0.6 is 0 Å². The highest BCUT2D eigenvalue weighted by Gasteiger charge is 2.18. The van der Waals surface area contributed by atoms with Gasteiger partial charge in [-0.25, -0.2) is 0 Å². The summed E-state index contributed by atoms with van der Waals surface area (Å²) >= 11 is 0. The highest BCUT2D eigenvalue weighted by atomic mass is 16.3. The van der Waals surface area contributed by atoms with Crippen LogP contribution in [0.15, 0.2) is 18.3 Å². The van der Waals surface area contributed by atoms with Crippen LogP contribution in [0, 0.1) is 0 Å². The van der Waals surface area contributed by atoms with Crippen molar-refractivity contribution >= 4 is 10.9 Å². The van der Waals surface area contributed by atoms with Gasteiger partial charge in [-0.05, 0) is 35.2 Å². The van der Waals surface area contributed by atoms with Gasteiger partial charge in [-0.15, -0.1) is 0 Å². The van der Waals surface area contributed by atoms with E-state index in [0.29, 0.717) is 0 Å². The van der Waals surface area contributed by atoms with E-state index in [4.69, 9.17) is 5.73 Å². The summed E-state index contributed by atoms with van der Waals surface area (Å²) in [5.74, 6) is 0. The van der Waals surface area contributed by atoms with Crippen LogP contribution in [-0.4, -0.2) is 16.3 Å². The zero-order valence-corrected chi connectivity index (χ0v) is 11.3. The number of nitrogens with one attached hydrogen (secondary N) is 1. The first-order valence-electron chi connectivity index (χ1n) is 6.96. The summed E-state index contributed by atoms with van der Waals surface area (Å²) in [6, 6.07) is 4.21. The second kappa shape index (κ2) is 4.96. The van der Waals surface area contributed by atoms with E-state index in [1.54, 1.807) is 0 Å². The Labute approximate surface area is 113 Å². The van der Waals surface area contributed by atoms with Crippen LogP contribution in [0.4, 0.5) is 0 Å². The first kappa shape index (κ1) is 12.7. The van der Waals surface area contributed by atoms with Crippen molar-refractivity contribution in [2.45, 2.75) is 39.0 Å². The van der Waals surface area contributed by atoms with E-state index >= 15 is 0 Å². The van der Waals surface area contributed by atoms with E-state index in [1.807, 2.05) is 0 Å². The quantitative estimate of drug-likeness (QED) is 0.782. The Balaban J connectivity index is 2.20. The second-order valence-electron chi connectivity index (χ2n) is 5.31. The zero-order chi connectivity index (χ0) is 13.4. The maximum absolute atomic E-state index is 9.33. The number of nitrogens with two attached hydrogens (primary N) is 1. The van der Waals surface area contributed by atoms with Crippen LogP contribution in [0.5, 0.6) is 0 Å². The molecular weight excluding hydrogens is 238 g/mol. The van der Waals surface area contributed by atoms with Crippen molar-refractivity contribution in [3.05, 3.63) is 35.0 Å². The molecular formula is C15H21N3O. The predicted molar refractivity (Wildman–Crippen MR) is 76.8 cm³/mol. The minimum atomic E-state index is -0.298. The highest BCUT2D eigenvalue weighted by molar-refractivity contribution is 5.86. The molecule has 19 heavy (non-hydrogen) atoms. The van der Waals surface area contributed by atoms with Crippen molar-refractivity contribution in [1.29, 1.82) is 0 Å². The number of aliphatic hydroxyl groups is 1. The summed E-state index contributed by atoms with van der Waals surface area (Å²) in [6.07, 6.45) is 3.20. The molecule has 102 valence electrons. The number of hydrogen-bond donors (Lipinski definition) is 3. The average Bonchev–Trinajstić information content (AvgIpc) is 3.01. The van der Waals surface area contributed by atoms with E-state index in [0.717, 1.165) is 31.6 Å². The molecule has 1 unspecified atom stereocenters. The zero-order valence-electron chi connectivity index (χ0n) is 11.3. The van der Waals surface area contributed by atoms with Crippen molar-refractivity contribution in [3.8, 4) is 0 Å². The fourth-order valence-corrected chi connectivity index (χ4v) is 2.93. The molecule has 1 atom stereocenters. The third-order valence-electron chi connectivity index (χ3n) is 3.92. The molecule has 0 saturated heterocycles. The van der Waals surface area contributed by atoms with Gasteiger partial charge >= 0.3 is 0 Å². The largest absolute Gasteiger partial charge is 0.394 e. The van der Waals surface area contributed by atoms with Crippen molar-refractivity contribution in [2.75, 3.05) is 6.61 Å². The van der Waals surface area contributed by atoms with Gasteiger partial charge in [-0.1, -0.05) is 6.92 Å². The van der Waals surface area contributed by atoms with Crippen LogP contribution in [0.2, 0.25) is 0 Å². The Bertz CT molecular complexity index is 603. The first-order valence-corrected chi connectivity index (χ1v) is 6.96. The second-order valence-corrected chi connectivity index (χ2v) is 5.31. The molecule has 0 aliphatic carbocycles. The van der Waals surface area contributed by atoms with Crippen LogP contribution in [-0.2, 0) is 19.6 Å². The van der Waals surface area contributed by atoms with Crippen molar-refractivity contribution < 1.29 is 5.11 Å². The number of aliphatic hydroxyl groups excluding tert-OH is 1. The number of aryl methyl sites for hydroxylation is 1. The summed E-state index contributed by atoms with van der Waals surface area (Å²) in [4.78, 5) is 0. The lowest BCUT2D eigenvalue weighted by Crippen LogP contribution is -2.14. The molecule has 1 aromatic carbocycles. The molecule has 2 heterocycles. The summed E-state index contributed by atoms with van der Waals surface area (Å²) in [6.45, 7) is 5.02. The minimum absolute atomic E-state index is 0.0133. The minimum Gasteiger partial charge on any atom is -0.394 e. The highest BCUT2D eigenvalue weighted by Crippen LogP contribution is 2.30. The molecule has 1 aliphatic heterocycles. The molecule has 1 aromatic heterocycles. The molecule has 1 aliphatic rings. The average molecular weight is 259 g/mol. The lowest BCUT2D eigenvalue weighted by atomic mass is 10.0. The van der Waals surface area contributed by atoms with E-state index in [9.17, 15) is 5.11 Å². The van der Waals surface area contributed by atoms with Crippen molar-refractivity contribution in [1.82, 2.24) is 9.88 Å². The Morgan fingerprint density at radius 1 is 1.37 bits per heavy atom. The van der Waals surface area contributed by atoms with Gasteiger partial charge in [0.2, 0.25) is 0 Å². The number of fused-ring (bicyclic) bond motifs is 2. The van der Waals surface area contributed by atoms with Gasteiger partial charge < -0.3 is 20.7 Å². The normalized spacial score (nSPS) is 15.9. The number of nitrogens with zero attached hydrogens (tertiary/aromatic N) is 1. The fraction of sp³-hybridized carbons (Fsp3) is 0.467. The lowest BCUT2D eigenvalue weighted by molar-refractivity contribution is 0.268. The number of aromatic nitrogens is 1. The summed E-state index contributed by atoms with van der Waals surface area (Å²) in [5.41, 5.74) is 11.1. The van der Waals surface area contributed by atoms with Gasteiger partial charge in [0.1, 0.15) is 0 Å². The number of hydrogen-bond acceptors (Lipinski definition) is 3. The van der Waals surface area contributed by atoms with Gasteiger partial charge in [0.05, 0.1) is 12.6 Å². The molecule has 0 saturated carbocycles. The Hall–Kier alpha value is -1.36. The van der Waals surface area contributed by atoms with Crippen LogP contribution < -0.4 is 11.1 Å². The summed E-state index contributed by atoms with van der Waals surface area (Å²) in [5, 5.41) is 13.9. The van der Waals surface area contributed by atoms with Crippen LogP contribution in [0.1, 0.15) is 36.1 Å². The lowest BCUT2D eigenvalue weighted by Gasteiger charge is -2.07. The summed E-state index contributed by atoms with van der Waals surface area (Å²) < 4.78 is 2.26. The molecule has 0 bridgehead atoms. The molecule has 0 fully saturated rings. The Morgan fingerprint density at radius 2 is 2.11 bits per heavy atom. The molecule has 4 nitrogen and oxygen atoms in total. The molecule has 2 aromatic rings. The standard InChI is InChI=1S/C15H21N3O/c1-2-3-18-8-13(14(16)9-19)12-4-10-6-17-7-11(10)5-15(12)18/h4-5,8,14,17,19H,2-3,6-7,9,16H2,1H3. The SMILES string of the molecule is CCCn1cc(C(N)CO)c2cc3c(cc21)CNC3. The van der Waals surface area contributed by atoms with Gasteiger partial charge in [0.15, 0.2) is 0 Å².